The monoisotopic (exact) mass is 234 g/mol. The zero-order chi connectivity index (χ0) is 11.7. The van der Waals surface area contributed by atoms with Crippen molar-refractivity contribution in [2.45, 2.75) is 11.9 Å². The summed E-state index contributed by atoms with van der Waals surface area (Å²) in [5.74, 6) is -0.250. The van der Waals surface area contributed by atoms with E-state index >= 15 is 0 Å². The van der Waals surface area contributed by atoms with E-state index in [1.807, 2.05) is 12.3 Å². The molecule has 0 aliphatic rings. The molecule has 2 aromatic heterocycles. The van der Waals surface area contributed by atoms with Gasteiger partial charge in [0.2, 0.25) is 0 Å². The molecule has 82 valence electrons. The number of hydrogen-bond acceptors (Lipinski definition) is 4. The van der Waals surface area contributed by atoms with Crippen molar-refractivity contribution in [1.29, 1.82) is 0 Å². The fraction of sp³-hybridized carbons (Fsp3) is 0.182. The minimum atomic E-state index is -0.456. The van der Waals surface area contributed by atoms with Crippen LogP contribution in [0.2, 0.25) is 0 Å². The molecular weight excluding hydrogens is 224 g/mol. The van der Waals surface area contributed by atoms with Crippen molar-refractivity contribution in [2.24, 2.45) is 0 Å². The first-order chi connectivity index (χ1) is 7.65. The van der Waals surface area contributed by atoms with Crippen LogP contribution in [0.15, 0.2) is 34.2 Å². The Balaban J connectivity index is 2.96. The average Bonchev–Trinajstić information content (AvgIpc) is 2.26. The molecule has 5 heteroatoms. The van der Waals surface area contributed by atoms with Crippen LogP contribution in [-0.4, -0.2) is 21.4 Å². The Morgan fingerprint density at radius 2 is 2.19 bits per heavy atom. The first-order valence-electron chi connectivity index (χ1n) is 4.71. The lowest BCUT2D eigenvalue weighted by molar-refractivity contribution is 0.101. The third-order valence-electron chi connectivity index (χ3n) is 2.25. The molecule has 2 aromatic rings. The van der Waals surface area contributed by atoms with Gasteiger partial charge in [-0.3, -0.25) is 14.0 Å². The summed E-state index contributed by atoms with van der Waals surface area (Å²) in [6.07, 6.45) is 3.63. The summed E-state index contributed by atoms with van der Waals surface area (Å²) in [5, 5.41) is 0.642. The summed E-state index contributed by atoms with van der Waals surface area (Å²) in [5.41, 5.74) is 0.265. The van der Waals surface area contributed by atoms with E-state index in [0.29, 0.717) is 10.7 Å². The SMILES string of the molecule is CSc1c(C(C)=O)c(=O)nc2ccccn12. The number of nitrogens with zero attached hydrogens (tertiary/aromatic N) is 2. The van der Waals surface area contributed by atoms with Gasteiger partial charge in [0, 0.05) is 6.20 Å². The molecular formula is C11H10N2O2S. The second-order valence-electron chi connectivity index (χ2n) is 3.29. The Hall–Kier alpha value is -1.62. The number of ketones is 1. The molecule has 2 rings (SSSR count). The predicted molar refractivity (Wildman–Crippen MR) is 63.2 cm³/mol. The highest BCUT2D eigenvalue weighted by molar-refractivity contribution is 7.98. The summed E-state index contributed by atoms with van der Waals surface area (Å²) in [4.78, 5) is 27.0. The van der Waals surface area contributed by atoms with Gasteiger partial charge in [-0.1, -0.05) is 6.07 Å². The Morgan fingerprint density at radius 1 is 1.44 bits per heavy atom. The van der Waals surface area contributed by atoms with Crippen LogP contribution in [0.3, 0.4) is 0 Å². The highest BCUT2D eigenvalue weighted by Crippen LogP contribution is 2.18. The molecule has 0 fully saturated rings. The molecule has 0 aliphatic carbocycles. The van der Waals surface area contributed by atoms with Gasteiger partial charge in [-0.25, -0.2) is 0 Å². The third kappa shape index (κ3) is 1.63. The maximum Gasteiger partial charge on any atom is 0.285 e. The van der Waals surface area contributed by atoms with Gasteiger partial charge in [-0.05, 0) is 25.3 Å². The normalized spacial score (nSPS) is 10.6. The van der Waals surface area contributed by atoms with E-state index in [-0.39, 0.29) is 11.3 Å². The topological polar surface area (TPSA) is 51.4 Å². The molecule has 0 N–H and O–H groups in total. The van der Waals surface area contributed by atoms with Crippen molar-refractivity contribution in [1.82, 2.24) is 9.38 Å². The molecule has 0 unspecified atom stereocenters. The van der Waals surface area contributed by atoms with Crippen LogP contribution in [0, 0.1) is 0 Å². The molecule has 0 aromatic carbocycles. The molecule has 0 amide bonds. The van der Waals surface area contributed by atoms with Crippen molar-refractivity contribution >= 4 is 23.2 Å². The van der Waals surface area contributed by atoms with Gasteiger partial charge in [0.15, 0.2) is 5.78 Å². The van der Waals surface area contributed by atoms with Crippen molar-refractivity contribution in [3.8, 4) is 0 Å². The number of rotatable bonds is 2. The summed E-state index contributed by atoms with van der Waals surface area (Å²) < 4.78 is 1.75. The summed E-state index contributed by atoms with van der Waals surface area (Å²) >= 11 is 1.37. The van der Waals surface area contributed by atoms with Crippen molar-refractivity contribution in [2.75, 3.05) is 6.26 Å². The fourth-order valence-electron chi connectivity index (χ4n) is 1.57. The number of fused-ring (bicyclic) bond motifs is 1. The standard InChI is InChI=1S/C11H10N2O2S/c1-7(14)9-10(15)12-8-5-3-4-6-13(8)11(9)16-2/h3-6H,1-2H3. The second kappa shape index (κ2) is 4.09. The minimum absolute atomic E-state index is 0.163. The Morgan fingerprint density at radius 3 is 2.81 bits per heavy atom. The van der Waals surface area contributed by atoms with Crippen LogP contribution in [0.5, 0.6) is 0 Å². The Bertz CT molecular complexity index is 619. The second-order valence-corrected chi connectivity index (χ2v) is 4.08. The van der Waals surface area contributed by atoms with Gasteiger partial charge in [0.25, 0.3) is 5.56 Å². The number of carbonyl (C=O) groups excluding carboxylic acids is 1. The molecule has 0 spiro atoms. The quantitative estimate of drug-likeness (QED) is 0.450. The van der Waals surface area contributed by atoms with E-state index in [0.717, 1.165) is 0 Å². The van der Waals surface area contributed by atoms with Crippen LogP contribution >= 0.6 is 11.8 Å². The van der Waals surface area contributed by atoms with E-state index < -0.39 is 5.56 Å². The number of thioether (sulfide) groups is 1. The molecule has 0 saturated heterocycles. The highest BCUT2D eigenvalue weighted by Gasteiger charge is 2.15. The first kappa shape index (κ1) is 10.9. The minimum Gasteiger partial charge on any atom is -0.295 e. The third-order valence-corrected chi connectivity index (χ3v) is 3.03. The van der Waals surface area contributed by atoms with E-state index in [1.165, 1.54) is 18.7 Å². The first-order valence-corrected chi connectivity index (χ1v) is 5.94. The molecule has 2 heterocycles. The fourth-order valence-corrected chi connectivity index (χ4v) is 2.36. The maximum atomic E-state index is 11.7. The van der Waals surface area contributed by atoms with Gasteiger partial charge in [-0.15, -0.1) is 11.8 Å². The van der Waals surface area contributed by atoms with E-state index in [1.54, 1.807) is 22.7 Å². The van der Waals surface area contributed by atoms with Gasteiger partial charge >= 0.3 is 0 Å². The molecule has 16 heavy (non-hydrogen) atoms. The molecule has 0 aliphatic heterocycles. The molecule has 0 atom stereocenters. The Kier molecular flexibility index (Phi) is 2.78. The van der Waals surface area contributed by atoms with Crippen molar-refractivity contribution < 1.29 is 4.79 Å². The van der Waals surface area contributed by atoms with Gasteiger partial charge in [-0.2, -0.15) is 4.98 Å². The van der Waals surface area contributed by atoms with Gasteiger partial charge < -0.3 is 0 Å². The average molecular weight is 234 g/mol. The predicted octanol–water partition coefficient (Wildman–Crippen LogP) is 1.62. The number of Topliss-reactive ketones (excluding diaryl/α,β-unsaturated/α-hetero) is 1. The van der Waals surface area contributed by atoms with Crippen LogP contribution < -0.4 is 5.56 Å². The van der Waals surface area contributed by atoms with Crippen LogP contribution in [-0.2, 0) is 0 Å². The lowest BCUT2D eigenvalue weighted by Crippen LogP contribution is -2.20. The van der Waals surface area contributed by atoms with E-state index in [9.17, 15) is 9.59 Å². The smallest absolute Gasteiger partial charge is 0.285 e. The molecule has 0 radical (unpaired) electrons. The van der Waals surface area contributed by atoms with Crippen LogP contribution in [0.4, 0.5) is 0 Å². The number of carbonyl (C=O) groups is 1. The summed E-state index contributed by atoms with van der Waals surface area (Å²) in [6.45, 7) is 1.38. The highest BCUT2D eigenvalue weighted by atomic mass is 32.2. The summed E-state index contributed by atoms with van der Waals surface area (Å²) in [6, 6.07) is 5.38. The van der Waals surface area contributed by atoms with Crippen LogP contribution in [0.25, 0.3) is 5.65 Å². The number of hydrogen-bond donors (Lipinski definition) is 0. The number of aromatic nitrogens is 2. The van der Waals surface area contributed by atoms with Gasteiger partial charge in [0.1, 0.15) is 11.2 Å². The number of pyridine rings is 1. The zero-order valence-corrected chi connectivity index (χ0v) is 9.75. The molecule has 0 saturated carbocycles. The van der Waals surface area contributed by atoms with Gasteiger partial charge in [0.05, 0.1) is 5.03 Å². The largest absolute Gasteiger partial charge is 0.295 e. The van der Waals surface area contributed by atoms with Crippen LogP contribution in [0.1, 0.15) is 17.3 Å². The van der Waals surface area contributed by atoms with E-state index in [4.69, 9.17) is 0 Å². The maximum absolute atomic E-state index is 11.7. The summed E-state index contributed by atoms with van der Waals surface area (Å²) in [7, 11) is 0. The molecule has 0 bridgehead atoms. The van der Waals surface area contributed by atoms with Crippen molar-refractivity contribution in [3.05, 3.63) is 40.3 Å². The lowest BCUT2D eigenvalue weighted by Gasteiger charge is -2.08. The van der Waals surface area contributed by atoms with Crippen molar-refractivity contribution in [3.63, 3.8) is 0 Å². The van der Waals surface area contributed by atoms with E-state index in [2.05, 4.69) is 4.98 Å². The lowest BCUT2D eigenvalue weighted by atomic mass is 10.2. The zero-order valence-electron chi connectivity index (χ0n) is 8.93. The Labute approximate surface area is 96.3 Å². The molecule has 4 nitrogen and oxygen atoms in total.